The minimum absolute atomic E-state index is 0.116. The lowest BCUT2D eigenvalue weighted by Gasteiger charge is -2.28. The second-order valence-electron chi connectivity index (χ2n) is 5.77. The van der Waals surface area contributed by atoms with Crippen LogP contribution in [0.4, 0.5) is 5.69 Å². The Morgan fingerprint density at radius 2 is 1.92 bits per heavy atom. The molecule has 2 aromatic carbocycles. The number of para-hydroxylation sites is 1. The van der Waals surface area contributed by atoms with Gasteiger partial charge in [0.05, 0.1) is 0 Å². The van der Waals surface area contributed by atoms with Gasteiger partial charge in [-0.05, 0) is 36.6 Å². The molecule has 4 rings (SSSR count). The molecule has 1 aliphatic rings. The second-order valence-corrected chi connectivity index (χ2v) is 6.69. The normalized spacial score (nSPS) is 13.6. The van der Waals surface area contributed by atoms with E-state index in [0.29, 0.717) is 18.0 Å². The zero-order valence-corrected chi connectivity index (χ0v) is 14.5. The molecule has 1 aromatic heterocycles. The molecule has 5 heteroatoms. The molecule has 3 aromatic rings. The summed E-state index contributed by atoms with van der Waals surface area (Å²) < 4.78 is 6.37. The van der Waals surface area contributed by atoms with Crippen LogP contribution in [0.5, 0.6) is 0 Å². The molecule has 1 amide bonds. The largest absolute Gasteiger partial charge is 0.355 e. The van der Waals surface area contributed by atoms with Gasteiger partial charge in [-0.1, -0.05) is 51.4 Å². The lowest BCUT2D eigenvalue weighted by molar-refractivity contribution is 0.0976. The van der Waals surface area contributed by atoms with E-state index in [2.05, 4.69) is 27.2 Å². The summed E-state index contributed by atoms with van der Waals surface area (Å²) in [6.45, 7) is 0.705. The summed E-state index contributed by atoms with van der Waals surface area (Å²) in [7, 11) is 0. The van der Waals surface area contributed by atoms with Crippen molar-refractivity contribution in [2.24, 2.45) is 0 Å². The Morgan fingerprint density at radius 1 is 1.12 bits per heavy atom. The highest BCUT2D eigenvalue weighted by Crippen LogP contribution is 2.29. The highest BCUT2D eigenvalue weighted by atomic mass is 79.9. The van der Waals surface area contributed by atoms with E-state index in [4.69, 9.17) is 4.52 Å². The van der Waals surface area contributed by atoms with E-state index < -0.39 is 0 Å². The van der Waals surface area contributed by atoms with E-state index in [1.54, 1.807) is 11.0 Å². The van der Waals surface area contributed by atoms with Crippen molar-refractivity contribution in [3.63, 3.8) is 0 Å². The summed E-state index contributed by atoms with van der Waals surface area (Å²) in [6.07, 6.45) is 1.96. The third-order valence-electron chi connectivity index (χ3n) is 4.21. The van der Waals surface area contributed by atoms with Gasteiger partial charge in [-0.15, -0.1) is 0 Å². The molecule has 4 nitrogen and oxygen atoms in total. The predicted octanol–water partition coefficient (Wildman–Crippen LogP) is 4.70. The van der Waals surface area contributed by atoms with Crippen molar-refractivity contribution < 1.29 is 9.32 Å². The quantitative estimate of drug-likeness (QED) is 0.645. The van der Waals surface area contributed by atoms with E-state index in [1.165, 1.54) is 5.56 Å². The van der Waals surface area contributed by atoms with E-state index in [9.17, 15) is 4.79 Å². The van der Waals surface area contributed by atoms with Gasteiger partial charge in [0.1, 0.15) is 0 Å². The number of aromatic nitrogens is 1. The van der Waals surface area contributed by atoms with Gasteiger partial charge >= 0.3 is 0 Å². The topological polar surface area (TPSA) is 46.3 Å². The van der Waals surface area contributed by atoms with E-state index in [1.807, 2.05) is 42.5 Å². The van der Waals surface area contributed by atoms with Crippen LogP contribution in [0.15, 0.2) is 63.6 Å². The number of carbonyl (C=O) groups is 1. The number of fused-ring (bicyclic) bond motifs is 1. The van der Waals surface area contributed by atoms with Crippen molar-refractivity contribution >= 4 is 27.5 Å². The number of amides is 1. The van der Waals surface area contributed by atoms with Crippen LogP contribution in [-0.4, -0.2) is 17.6 Å². The lowest BCUT2D eigenvalue weighted by Crippen LogP contribution is -2.35. The Kier molecular flexibility index (Phi) is 3.94. The minimum atomic E-state index is -0.116. The number of aryl methyl sites for hydroxylation is 1. The van der Waals surface area contributed by atoms with Crippen LogP contribution in [0.1, 0.15) is 22.5 Å². The molecule has 0 fully saturated rings. The molecule has 0 spiro atoms. The van der Waals surface area contributed by atoms with Gasteiger partial charge < -0.3 is 9.42 Å². The predicted molar refractivity (Wildman–Crippen MR) is 96.1 cm³/mol. The van der Waals surface area contributed by atoms with E-state index >= 15 is 0 Å². The van der Waals surface area contributed by atoms with Gasteiger partial charge in [-0.3, -0.25) is 4.79 Å². The number of anilines is 1. The van der Waals surface area contributed by atoms with E-state index in [0.717, 1.165) is 28.6 Å². The smallest absolute Gasteiger partial charge is 0.280 e. The van der Waals surface area contributed by atoms with Crippen LogP contribution in [0.25, 0.3) is 11.3 Å². The molecule has 0 bridgehead atoms. The zero-order valence-electron chi connectivity index (χ0n) is 12.9. The van der Waals surface area contributed by atoms with Crippen LogP contribution >= 0.6 is 15.9 Å². The van der Waals surface area contributed by atoms with Crippen molar-refractivity contribution in [3.8, 4) is 11.3 Å². The Bertz CT molecular complexity index is 886. The molecule has 0 radical (unpaired) electrons. The molecule has 0 saturated heterocycles. The first-order valence-electron chi connectivity index (χ1n) is 7.85. The van der Waals surface area contributed by atoms with Gasteiger partial charge in [-0.2, -0.15) is 0 Å². The Balaban J connectivity index is 1.63. The average Bonchev–Trinajstić information content (AvgIpc) is 3.11. The molecule has 120 valence electrons. The monoisotopic (exact) mass is 382 g/mol. The Hall–Kier alpha value is -2.40. The fourth-order valence-corrected chi connectivity index (χ4v) is 3.27. The second kappa shape index (κ2) is 6.24. The highest BCUT2D eigenvalue weighted by Gasteiger charge is 2.25. The van der Waals surface area contributed by atoms with Crippen molar-refractivity contribution in [1.29, 1.82) is 0 Å². The summed E-state index contributed by atoms with van der Waals surface area (Å²) in [5.41, 5.74) is 3.41. The molecule has 1 aliphatic heterocycles. The van der Waals surface area contributed by atoms with Crippen LogP contribution < -0.4 is 4.90 Å². The summed E-state index contributed by atoms with van der Waals surface area (Å²) in [6, 6.07) is 17.5. The van der Waals surface area contributed by atoms with Gasteiger partial charge in [0, 0.05) is 28.3 Å². The third-order valence-corrected chi connectivity index (χ3v) is 4.74. The number of hydrogen-bond acceptors (Lipinski definition) is 3. The van der Waals surface area contributed by atoms with Crippen molar-refractivity contribution in [3.05, 3.63) is 70.3 Å². The number of nitrogens with zero attached hydrogens (tertiary/aromatic N) is 2. The van der Waals surface area contributed by atoms with Gasteiger partial charge in [0.15, 0.2) is 11.5 Å². The Morgan fingerprint density at radius 3 is 2.75 bits per heavy atom. The number of rotatable bonds is 2. The summed E-state index contributed by atoms with van der Waals surface area (Å²) in [5, 5.41) is 3.99. The number of carbonyl (C=O) groups excluding carboxylic acids is 1. The SMILES string of the molecule is O=C(c1cc(-c2ccc(Br)cc2)on1)N1CCCc2ccccc21. The lowest BCUT2D eigenvalue weighted by atomic mass is 10.0. The van der Waals surface area contributed by atoms with Gasteiger partial charge in [0.2, 0.25) is 0 Å². The summed E-state index contributed by atoms with van der Waals surface area (Å²) >= 11 is 3.41. The first-order chi connectivity index (χ1) is 11.7. The van der Waals surface area contributed by atoms with Crippen molar-refractivity contribution in [2.45, 2.75) is 12.8 Å². The fourth-order valence-electron chi connectivity index (χ4n) is 3.01. The maximum atomic E-state index is 12.9. The molecule has 0 unspecified atom stereocenters. The van der Waals surface area contributed by atoms with Crippen LogP contribution in [0, 0.1) is 0 Å². The molecular weight excluding hydrogens is 368 g/mol. The zero-order chi connectivity index (χ0) is 16.5. The van der Waals surface area contributed by atoms with Crippen molar-refractivity contribution in [1.82, 2.24) is 5.16 Å². The van der Waals surface area contributed by atoms with Crippen LogP contribution in [-0.2, 0) is 6.42 Å². The molecule has 24 heavy (non-hydrogen) atoms. The molecule has 0 saturated carbocycles. The average molecular weight is 383 g/mol. The third kappa shape index (κ3) is 2.76. The van der Waals surface area contributed by atoms with Crippen LogP contribution in [0.2, 0.25) is 0 Å². The fraction of sp³-hybridized carbons (Fsp3) is 0.158. The van der Waals surface area contributed by atoms with Crippen LogP contribution in [0.3, 0.4) is 0 Å². The first-order valence-corrected chi connectivity index (χ1v) is 8.64. The summed E-state index contributed by atoms with van der Waals surface area (Å²) in [5.74, 6) is 0.477. The Labute approximate surface area is 148 Å². The maximum Gasteiger partial charge on any atom is 0.280 e. The number of benzene rings is 2. The van der Waals surface area contributed by atoms with Crippen molar-refractivity contribution in [2.75, 3.05) is 11.4 Å². The van der Waals surface area contributed by atoms with Gasteiger partial charge in [-0.25, -0.2) is 0 Å². The number of halogens is 1. The molecular formula is C19H15BrN2O2. The molecule has 0 aliphatic carbocycles. The first kappa shape index (κ1) is 15.1. The summed E-state index contributed by atoms with van der Waals surface area (Å²) in [4.78, 5) is 14.7. The van der Waals surface area contributed by atoms with E-state index in [-0.39, 0.29) is 5.91 Å². The minimum Gasteiger partial charge on any atom is -0.355 e. The highest BCUT2D eigenvalue weighted by molar-refractivity contribution is 9.10. The molecule has 2 heterocycles. The molecule has 0 atom stereocenters. The maximum absolute atomic E-state index is 12.9. The standard InChI is InChI=1S/C19H15BrN2O2/c20-15-9-7-14(8-10-15)18-12-16(21-24-18)19(23)22-11-3-5-13-4-1-2-6-17(13)22/h1-2,4,6-10,12H,3,5,11H2. The molecule has 0 N–H and O–H groups in total. The van der Waals surface area contributed by atoms with Gasteiger partial charge in [0.25, 0.3) is 5.91 Å². The number of hydrogen-bond donors (Lipinski definition) is 0.